The predicted molar refractivity (Wildman–Crippen MR) is 123 cm³/mol. The zero-order valence-electron chi connectivity index (χ0n) is 17.1. The molecule has 0 saturated heterocycles. The Labute approximate surface area is 175 Å². The fourth-order valence-electron chi connectivity index (χ4n) is 4.92. The highest BCUT2D eigenvalue weighted by atomic mass is 32.3. The molecule has 0 atom stereocenters. The Balaban J connectivity index is 0.000000882. The normalized spacial score (nSPS) is 15.7. The largest absolute Gasteiger partial charge is 0.132 e. The van der Waals surface area contributed by atoms with Crippen LogP contribution in [0.5, 0.6) is 0 Å². The molecule has 29 heavy (non-hydrogen) atoms. The molecule has 2 aliphatic rings. The third kappa shape index (κ3) is 2.54. The molecule has 0 nitrogen and oxygen atoms in total. The SMILES string of the molecule is CC.c1ccc2c(c1)Cc1ccccc1S21c2ccccc2Cc2ccccc21. The molecule has 1 spiro atoms. The van der Waals surface area contributed by atoms with Crippen LogP contribution in [-0.4, -0.2) is 0 Å². The van der Waals surface area contributed by atoms with E-state index in [2.05, 4.69) is 97.1 Å². The average molecular weight is 395 g/mol. The lowest BCUT2D eigenvalue weighted by Crippen LogP contribution is -2.19. The second-order valence-electron chi connectivity index (χ2n) is 7.40. The van der Waals surface area contributed by atoms with Crippen molar-refractivity contribution >= 4 is 10.0 Å². The Hall–Kier alpha value is -2.77. The Morgan fingerprint density at radius 2 is 0.655 bits per heavy atom. The minimum atomic E-state index is -1.44. The van der Waals surface area contributed by atoms with Gasteiger partial charge in [0.15, 0.2) is 0 Å². The summed E-state index contributed by atoms with van der Waals surface area (Å²) in [4.78, 5) is 6.12. The zero-order valence-corrected chi connectivity index (χ0v) is 17.9. The number of hydrogen-bond donors (Lipinski definition) is 0. The van der Waals surface area contributed by atoms with E-state index >= 15 is 0 Å². The smallest absolute Gasteiger partial charge is 0.00587 e. The molecule has 0 aliphatic carbocycles. The molecule has 6 rings (SSSR count). The quantitative estimate of drug-likeness (QED) is 0.246. The van der Waals surface area contributed by atoms with Gasteiger partial charge in [-0.3, -0.25) is 0 Å². The molecule has 0 amide bonds. The molecule has 4 aromatic rings. The first-order chi connectivity index (χ1) is 14.4. The van der Waals surface area contributed by atoms with Gasteiger partial charge >= 0.3 is 0 Å². The first-order valence-electron chi connectivity index (χ1n) is 10.5. The van der Waals surface area contributed by atoms with Gasteiger partial charge in [0, 0.05) is 19.6 Å². The minimum absolute atomic E-state index is 1.03. The van der Waals surface area contributed by atoms with Gasteiger partial charge in [0.25, 0.3) is 0 Å². The summed E-state index contributed by atoms with van der Waals surface area (Å²) in [7, 11) is -1.44. The highest BCUT2D eigenvalue weighted by molar-refractivity contribution is 8.34. The Kier molecular flexibility index (Phi) is 4.56. The summed E-state index contributed by atoms with van der Waals surface area (Å²) in [6, 6.07) is 36.6. The van der Waals surface area contributed by atoms with Crippen LogP contribution >= 0.6 is 10.0 Å². The molecule has 0 saturated carbocycles. The first kappa shape index (κ1) is 18.3. The van der Waals surface area contributed by atoms with E-state index < -0.39 is 10.0 Å². The van der Waals surface area contributed by atoms with E-state index in [-0.39, 0.29) is 0 Å². The van der Waals surface area contributed by atoms with Crippen molar-refractivity contribution in [2.75, 3.05) is 0 Å². The van der Waals surface area contributed by atoms with Gasteiger partial charge in [-0.2, -0.15) is 0 Å². The molecule has 144 valence electrons. The molecule has 0 aromatic heterocycles. The van der Waals surface area contributed by atoms with Crippen LogP contribution in [0.4, 0.5) is 0 Å². The molecule has 0 fully saturated rings. The van der Waals surface area contributed by atoms with Crippen molar-refractivity contribution < 1.29 is 0 Å². The van der Waals surface area contributed by atoms with Crippen molar-refractivity contribution in [3.05, 3.63) is 119 Å². The summed E-state index contributed by atoms with van der Waals surface area (Å²) in [5, 5.41) is 0. The molecule has 0 bridgehead atoms. The standard InChI is InChI=1S/C26H20S.C2H6/c1-5-13-23-19(9-1)17-20-10-2-6-14-24(20)27(23)25-15-7-3-11-21(25)18-22-12-4-8-16-26(22)27;1-2/h1-16H,17-18H2;1-2H3. The van der Waals surface area contributed by atoms with Gasteiger partial charge in [-0.1, -0.05) is 86.6 Å². The number of fused-ring (bicyclic) bond motifs is 8. The summed E-state index contributed by atoms with van der Waals surface area (Å²) in [5.41, 5.74) is 5.94. The monoisotopic (exact) mass is 394 g/mol. The first-order valence-corrected chi connectivity index (χ1v) is 12.2. The number of rotatable bonds is 0. The van der Waals surface area contributed by atoms with Crippen LogP contribution in [0.1, 0.15) is 36.1 Å². The minimum Gasteiger partial charge on any atom is -0.132 e. The maximum atomic E-state index is 2.39. The lowest BCUT2D eigenvalue weighted by Gasteiger charge is -2.50. The van der Waals surface area contributed by atoms with E-state index in [0.29, 0.717) is 0 Å². The van der Waals surface area contributed by atoms with Crippen molar-refractivity contribution in [3.8, 4) is 0 Å². The van der Waals surface area contributed by atoms with Gasteiger partial charge < -0.3 is 0 Å². The Morgan fingerprint density at radius 1 is 0.414 bits per heavy atom. The van der Waals surface area contributed by atoms with Gasteiger partial charge in [-0.15, -0.1) is 10.0 Å². The summed E-state index contributed by atoms with van der Waals surface area (Å²) in [6.45, 7) is 4.00. The molecule has 2 heterocycles. The topological polar surface area (TPSA) is 0 Å². The number of hydrogen-bond acceptors (Lipinski definition) is 0. The maximum absolute atomic E-state index is 2.39. The summed E-state index contributed by atoms with van der Waals surface area (Å²) < 4.78 is 0. The van der Waals surface area contributed by atoms with E-state index in [9.17, 15) is 0 Å². The van der Waals surface area contributed by atoms with Crippen molar-refractivity contribution in [3.63, 3.8) is 0 Å². The molecule has 0 radical (unpaired) electrons. The lowest BCUT2D eigenvalue weighted by molar-refractivity contribution is 0.972. The van der Waals surface area contributed by atoms with Crippen LogP contribution in [0.25, 0.3) is 0 Å². The second-order valence-corrected chi connectivity index (χ2v) is 10.4. The van der Waals surface area contributed by atoms with Gasteiger partial charge in [0.1, 0.15) is 0 Å². The third-order valence-electron chi connectivity index (χ3n) is 5.97. The lowest BCUT2D eigenvalue weighted by atomic mass is 10.0. The van der Waals surface area contributed by atoms with Crippen LogP contribution in [0.15, 0.2) is 117 Å². The molecule has 1 heteroatoms. The zero-order chi connectivity index (χ0) is 19.8. The van der Waals surface area contributed by atoms with Crippen molar-refractivity contribution in [1.29, 1.82) is 0 Å². The van der Waals surface area contributed by atoms with E-state index in [0.717, 1.165) is 12.8 Å². The van der Waals surface area contributed by atoms with Crippen LogP contribution in [0.3, 0.4) is 0 Å². The van der Waals surface area contributed by atoms with Gasteiger partial charge in [-0.25, -0.2) is 0 Å². The predicted octanol–water partition coefficient (Wildman–Crippen LogP) is 7.86. The molecular formula is C28H26S. The third-order valence-corrected chi connectivity index (χ3v) is 10.2. The Morgan fingerprint density at radius 3 is 0.931 bits per heavy atom. The van der Waals surface area contributed by atoms with Crippen LogP contribution in [0, 0.1) is 0 Å². The molecule has 0 unspecified atom stereocenters. The van der Waals surface area contributed by atoms with Crippen LogP contribution < -0.4 is 0 Å². The highest BCUT2D eigenvalue weighted by Crippen LogP contribution is 2.78. The van der Waals surface area contributed by atoms with Gasteiger partial charge in [0.2, 0.25) is 0 Å². The maximum Gasteiger partial charge on any atom is 0.00587 e. The van der Waals surface area contributed by atoms with E-state index in [1.54, 1.807) is 0 Å². The molecule has 4 aromatic carbocycles. The van der Waals surface area contributed by atoms with E-state index in [1.165, 1.54) is 41.8 Å². The Bertz CT molecular complexity index is 999. The van der Waals surface area contributed by atoms with Gasteiger partial charge in [0.05, 0.1) is 0 Å². The van der Waals surface area contributed by atoms with Crippen molar-refractivity contribution in [2.24, 2.45) is 0 Å². The van der Waals surface area contributed by atoms with E-state index in [1.807, 2.05) is 13.8 Å². The number of benzene rings is 4. The fraction of sp³-hybridized carbons (Fsp3) is 0.143. The summed E-state index contributed by atoms with van der Waals surface area (Å²) in [6.07, 6.45) is 2.07. The molecular weight excluding hydrogens is 368 g/mol. The van der Waals surface area contributed by atoms with Crippen LogP contribution in [0.2, 0.25) is 0 Å². The highest BCUT2D eigenvalue weighted by Gasteiger charge is 2.43. The van der Waals surface area contributed by atoms with Crippen molar-refractivity contribution in [1.82, 2.24) is 0 Å². The average Bonchev–Trinajstić information content (AvgIpc) is 2.80. The van der Waals surface area contributed by atoms with Crippen LogP contribution in [-0.2, 0) is 12.8 Å². The summed E-state index contributed by atoms with van der Waals surface area (Å²) >= 11 is 0. The van der Waals surface area contributed by atoms with E-state index in [4.69, 9.17) is 0 Å². The van der Waals surface area contributed by atoms with Crippen molar-refractivity contribution in [2.45, 2.75) is 46.3 Å². The van der Waals surface area contributed by atoms with Gasteiger partial charge in [-0.05, 0) is 59.4 Å². The second kappa shape index (κ2) is 7.24. The molecule has 2 aliphatic heterocycles. The summed E-state index contributed by atoms with van der Waals surface area (Å²) in [5.74, 6) is 0. The fourth-order valence-corrected chi connectivity index (χ4v) is 9.60. The molecule has 0 N–H and O–H groups in total.